The van der Waals surface area contributed by atoms with Crippen LogP contribution in [0.1, 0.15) is 48.2 Å². The smallest absolute Gasteiger partial charge is 0.255 e. The molecule has 1 fully saturated rings. The fraction of sp³-hybridized carbons (Fsp3) is 0.435. The van der Waals surface area contributed by atoms with Gasteiger partial charge in [-0.15, -0.1) is 0 Å². The summed E-state index contributed by atoms with van der Waals surface area (Å²) < 4.78 is 27.2. The van der Waals surface area contributed by atoms with Gasteiger partial charge in [0.2, 0.25) is 10.0 Å². The van der Waals surface area contributed by atoms with Gasteiger partial charge in [-0.2, -0.15) is 4.31 Å². The minimum absolute atomic E-state index is 0.0827. The summed E-state index contributed by atoms with van der Waals surface area (Å²) in [5, 5.41) is 0.277. The van der Waals surface area contributed by atoms with Gasteiger partial charge in [0.15, 0.2) is 0 Å². The van der Waals surface area contributed by atoms with Crippen LogP contribution in [0.2, 0.25) is 5.02 Å². The molecule has 1 aliphatic rings. The maximum absolute atomic E-state index is 13.3. The van der Waals surface area contributed by atoms with Crippen molar-refractivity contribution < 1.29 is 13.2 Å². The maximum Gasteiger partial charge on any atom is 0.255 e. The summed E-state index contributed by atoms with van der Waals surface area (Å²) in [7, 11) is -3.66. The molecule has 162 valence electrons. The van der Waals surface area contributed by atoms with Gasteiger partial charge in [0.1, 0.15) is 0 Å². The lowest BCUT2D eigenvalue weighted by atomic mass is 10.0. The number of carbonyl (C=O) groups excluding carboxylic acids is 1. The number of amides is 1. The zero-order chi connectivity index (χ0) is 21.9. The van der Waals surface area contributed by atoms with Crippen molar-refractivity contribution in [1.29, 1.82) is 0 Å². The number of halogens is 1. The predicted molar refractivity (Wildman–Crippen MR) is 121 cm³/mol. The molecule has 3 rings (SSSR count). The van der Waals surface area contributed by atoms with Crippen LogP contribution in [-0.4, -0.2) is 49.2 Å². The molecule has 0 bridgehead atoms. The average molecular weight is 449 g/mol. The first-order valence-electron chi connectivity index (χ1n) is 10.4. The molecule has 5 nitrogen and oxygen atoms in total. The minimum Gasteiger partial charge on any atom is -0.335 e. The van der Waals surface area contributed by atoms with Crippen LogP contribution in [0, 0.1) is 6.92 Å². The molecule has 1 unspecified atom stereocenters. The molecule has 0 N–H and O–H groups in total. The summed E-state index contributed by atoms with van der Waals surface area (Å²) in [4.78, 5) is 15.3. The van der Waals surface area contributed by atoms with Crippen LogP contribution in [0.15, 0.2) is 47.4 Å². The van der Waals surface area contributed by atoms with Crippen LogP contribution in [0.5, 0.6) is 0 Å². The Morgan fingerprint density at radius 3 is 2.43 bits per heavy atom. The monoisotopic (exact) mass is 448 g/mol. The Kier molecular flexibility index (Phi) is 7.22. The SMILES string of the molecule is CCN(CC)S(=O)(=O)c1ccc(Cl)c(C(=O)N2CCCC2Cc2ccc(C)cc2)c1. The number of likely N-dealkylation sites (tertiary alicyclic amines) is 1. The summed E-state index contributed by atoms with van der Waals surface area (Å²) in [5.41, 5.74) is 2.64. The average Bonchev–Trinajstić information content (AvgIpc) is 3.18. The first kappa shape index (κ1) is 22.8. The number of nitrogens with zero attached hydrogens (tertiary/aromatic N) is 2. The number of sulfonamides is 1. The van der Waals surface area contributed by atoms with Crippen molar-refractivity contribution in [1.82, 2.24) is 9.21 Å². The van der Waals surface area contributed by atoms with Crippen molar-refractivity contribution in [3.8, 4) is 0 Å². The molecule has 0 aliphatic carbocycles. The highest BCUT2D eigenvalue weighted by atomic mass is 35.5. The molecule has 1 aliphatic heterocycles. The van der Waals surface area contributed by atoms with Gasteiger partial charge < -0.3 is 4.90 Å². The number of benzene rings is 2. The second kappa shape index (κ2) is 9.50. The molecule has 0 radical (unpaired) electrons. The molecule has 7 heteroatoms. The van der Waals surface area contributed by atoms with Crippen molar-refractivity contribution >= 4 is 27.5 Å². The van der Waals surface area contributed by atoms with Gasteiger partial charge in [-0.1, -0.05) is 55.3 Å². The molecule has 30 heavy (non-hydrogen) atoms. The first-order valence-corrected chi connectivity index (χ1v) is 12.3. The summed E-state index contributed by atoms with van der Waals surface area (Å²) in [6, 6.07) is 12.8. The van der Waals surface area contributed by atoms with E-state index in [1.165, 1.54) is 33.6 Å². The van der Waals surface area contributed by atoms with E-state index in [-0.39, 0.29) is 27.4 Å². The number of carbonyl (C=O) groups is 1. The van der Waals surface area contributed by atoms with E-state index in [4.69, 9.17) is 11.6 Å². The Balaban J connectivity index is 1.87. The fourth-order valence-electron chi connectivity index (χ4n) is 4.01. The summed E-state index contributed by atoms with van der Waals surface area (Å²) in [5.74, 6) is -0.203. The van der Waals surface area contributed by atoms with Gasteiger partial charge in [-0.3, -0.25) is 4.79 Å². The normalized spacial score (nSPS) is 17.0. The molecular weight excluding hydrogens is 420 g/mol. The molecule has 2 aromatic rings. The van der Waals surface area contributed by atoms with Crippen LogP contribution in [0.3, 0.4) is 0 Å². The van der Waals surface area contributed by atoms with Gasteiger partial charge in [0.05, 0.1) is 15.5 Å². The molecule has 0 saturated carbocycles. The topological polar surface area (TPSA) is 57.7 Å². The summed E-state index contributed by atoms with van der Waals surface area (Å²) >= 11 is 6.34. The van der Waals surface area contributed by atoms with Crippen LogP contribution in [0.4, 0.5) is 0 Å². The molecule has 1 saturated heterocycles. The largest absolute Gasteiger partial charge is 0.335 e. The Labute approximate surface area is 184 Å². The van der Waals surface area contributed by atoms with Crippen molar-refractivity contribution in [2.45, 2.75) is 51.0 Å². The van der Waals surface area contributed by atoms with Gasteiger partial charge in [0, 0.05) is 25.7 Å². The fourth-order valence-corrected chi connectivity index (χ4v) is 5.69. The number of aryl methyl sites for hydroxylation is 1. The second-order valence-electron chi connectivity index (χ2n) is 7.72. The first-order chi connectivity index (χ1) is 14.3. The minimum atomic E-state index is -3.66. The Bertz CT molecular complexity index is 1000. The van der Waals surface area contributed by atoms with E-state index in [2.05, 4.69) is 31.2 Å². The second-order valence-corrected chi connectivity index (χ2v) is 10.1. The van der Waals surface area contributed by atoms with Gasteiger partial charge in [-0.25, -0.2) is 8.42 Å². The van der Waals surface area contributed by atoms with E-state index < -0.39 is 10.0 Å². The van der Waals surface area contributed by atoms with E-state index in [1.807, 2.05) is 4.90 Å². The Morgan fingerprint density at radius 2 is 1.80 bits per heavy atom. The van der Waals surface area contributed by atoms with Crippen molar-refractivity contribution in [2.24, 2.45) is 0 Å². The summed E-state index contributed by atoms with van der Waals surface area (Å²) in [6.07, 6.45) is 2.63. The van der Waals surface area contributed by atoms with Crippen LogP contribution in [0.25, 0.3) is 0 Å². The van der Waals surface area contributed by atoms with E-state index in [1.54, 1.807) is 13.8 Å². The van der Waals surface area contributed by atoms with E-state index in [9.17, 15) is 13.2 Å². The number of rotatable bonds is 7. The molecule has 1 heterocycles. The molecular formula is C23H29ClN2O3S. The molecule has 0 aromatic heterocycles. The summed E-state index contributed by atoms with van der Waals surface area (Å²) in [6.45, 7) is 7.03. The van der Waals surface area contributed by atoms with Crippen LogP contribution in [-0.2, 0) is 16.4 Å². The van der Waals surface area contributed by atoms with Gasteiger partial charge >= 0.3 is 0 Å². The predicted octanol–water partition coefficient (Wildman–Crippen LogP) is 4.53. The highest BCUT2D eigenvalue weighted by molar-refractivity contribution is 7.89. The lowest BCUT2D eigenvalue weighted by Crippen LogP contribution is -2.37. The van der Waals surface area contributed by atoms with Crippen LogP contribution >= 0.6 is 11.6 Å². The van der Waals surface area contributed by atoms with Crippen molar-refractivity contribution in [3.63, 3.8) is 0 Å². The quantitative estimate of drug-likeness (QED) is 0.625. The van der Waals surface area contributed by atoms with E-state index in [0.29, 0.717) is 19.6 Å². The number of hydrogen-bond donors (Lipinski definition) is 0. The molecule has 2 aromatic carbocycles. The third-order valence-corrected chi connectivity index (χ3v) is 8.12. The van der Waals surface area contributed by atoms with E-state index in [0.717, 1.165) is 19.3 Å². The van der Waals surface area contributed by atoms with Crippen molar-refractivity contribution in [3.05, 3.63) is 64.2 Å². The molecule has 0 spiro atoms. The third kappa shape index (κ3) is 4.71. The highest BCUT2D eigenvalue weighted by Crippen LogP contribution is 2.28. The highest BCUT2D eigenvalue weighted by Gasteiger charge is 2.32. The third-order valence-electron chi connectivity index (χ3n) is 5.74. The van der Waals surface area contributed by atoms with Gasteiger partial charge in [-0.05, 0) is 49.9 Å². The lowest BCUT2D eigenvalue weighted by Gasteiger charge is -2.26. The zero-order valence-electron chi connectivity index (χ0n) is 17.8. The molecule has 1 atom stereocenters. The van der Waals surface area contributed by atoms with Crippen LogP contribution < -0.4 is 0 Å². The van der Waals surface area contributed by atoms with Crippen molar-refractivity contribution in [2.75, 3.05) is 19.6 Å². The van der Waals surface area contributed by atoms with E-state index >= 15 is 0 Å². The zero-order valence-corrected chi connectivity index (χ0v) is 19.3. The van der Waals surface area contributed by atoms with Gasteiger partial charge in [0.25, 0.3) is 5.91 Å². The maximum atomic E-state index is 13.3. The Morgan fingerprint density at radius 1 is 1.13 bits per heavy atom. The molecule has 1 amide bonds. The lowest BCUT2D eigenvalue weighted by molar-refractivity contribution is 0.0736. The Hall–Kier alpha value is -1.89. The standard InChI is InChI=1S/C23H29ClN2O3S/c1-4-25(5-2)30(28,29)20-12-13-22(24)21(16-20)23(27)26-14-6-7-19(26)15-18-10-8-17(3)9-11-18/h8-13,16,19H,4-7,14-15H2,1-3H3. The number of hydrogen-bond acceptors (Lipinski definition) is 3.